The molecule has 0 aliphatic carbocycles. The van der Waals surface area contributed by atoms with Crippen LogP contribution in [0.3, 0.4) is 0 Å². The minimum atomic E-state index is -3.13. The van der Waals surface area contributed by atoms with Crippen LogP contribution in [-0.4, -0.2) is 54.6 Å². The van der Waals surface area contributed by atoms with E-state index in [0.29, 0.717) is 26.2 Å². The maximum atomic E-state index is 12.1. The van der Waals surface area contributed by atoms with E-state index in [4.69, 9.17) is 0 Å². The molecule has 0 radical (unpaired) electrons. The topological polar surface area (TPSA) is 66.4 Å². The van der Waals surface area contributed by atoms with Crippen LogP contribution in [0, 0.1) is 0 Å². The Labute approximate surface area is 157 Å². The molecule has 4 rings (SSSR count). The molecular formula is C18H20N4O2S2. The molecule has 0 amide bonds. The Balaban J connectivity index is 1.69. The van der Waals surface area contributed by atoms with Crippen LogP contribution in [0.4, 0.5) is 5.82 Å². The number of fused-ring (bicyclic) bond motifs is 1. The molecule has 0 unspecified atom stereocenters. The maximum Gasteiger partial charge on any atom is 0.213 e. The Kier molecular flexibility index (Phi) is 4.64. The summed E-state index contributed by atoms with van der Waals surface area (Å²) >= 11 is 1.61. The lowest BCUT2D eigenvalue weighted by Gasteiger charge is -2.34. The Morgan fingerprint density at radius 1 is 1.08 bits per heavy atom. The van der Waals surface area contributed by atoms with Crippen LogP contribution < -0.4 is 4.90 Å². The highest BCUT2D eigenvalue weighted by Crippen LogP contribution is 2.38. The van der Waals surface area contributed by atoms with Gasteiger partial charge in [0.05, 0.1) is 11.1 Å². The third kappa shape index (κ3) is 3.08. The largest absolute Gasteiger partial charge is 0.353 e. The van der Waals surface area contributed by atoms with Crippen molar-refractivity contribution in [1.29, 1.82) is 0 Å². The molecule has 26 heavy (non-hydrogen) atoms. The second kappa shape index (κ2) is 6.94. The Morgan fingerprint density at radius 3 is 2.50 bits per heavy atom. The van der Waals surface area contributed by atoms with Crippen molar-refractivity contribution in [3.05, 3.63) is 42.0 Å². The molecule has 1 aliphatic heterocycles. The first-order valence-electron chi connectivity index (χ1n) is 8.60. The fraction of sp³-hybridized carbons (Fsp3) is 0.333. The number of sulfonamides is 1. The first kappa shape index (κ1) is 17.4. The van der Waals surface area contributed by atoms with Crippen molar-refractivity contribution in [3.63, 3.8) is 0 Å². The molecule has 6 nitrogen and oxygen atoms in total. The van der Waals surface area contributed by atoms with Gasteiger partial charge in [-0.25, -0.2) is 18.4 Å². The van der Waals surface area contributed by atoms with Gasteiger partial charge in [-0.2, -0.15) is 4.31 Å². The molecule has 3 heterocycles. The molecule has 0 N–H and O–H groups in total. The molecule has 3 aromatic rings. The van der Waals surface area contributed by atoms with Gasteiger partial charge in [0.25, 0.3) is 0 Å². The number of hydrogen-bond donors (Lipinski definition) is 0. The molecular weight excluding hydrogens is 368 g/mol. The van der Waals surface area contributed by atoms with E-state index >= 15 is 0 Å². The summed E-state index contributed by atoms with van der Waals surface area (Å²) in [7, 11) is -3.13. The second-order valence-electron chi connectivity index (χ2n) is 6.18. The number of aromatic nitrogens is 2. The van der Waals surface area contributed by atoms with Crippen LogP contribution in [0.15, 0.2) is 42.0 Å². The Morgan fingerprint density at radius 2 is 1.81 bits per heavy atom. The molecule has 2 aromatic heterocycles. The van der Waals surface area contributed by atoms with Crippen LogP contribution in [-0.2, 0) is 10.0 Å². The zero-order chi connectivity index (χ0) is 18.1. The van der Waals surface area contributed by atoms with E-state index in [-0.39, 0.29) is 5.75 Å². The zero-order valence-corrected chi connectivity index (χ0v) is 16.1. The van der Waals surface area contributed by atoms with Crippen molar-refractivity contribution in [2.75, 3.05) is 36.8 Å². The van der Waals surface area contributed by atoms with Gasteiger partial charge in [0.2, 0.25) is 10.0 Å². The lowest BCUT2D eigenvalue weighted by atomic mass is 10.1. The number of rotatable bonds is 4. The molecule has 0 saturated carbocycles. The first-order chi connectivity index (χ1) is 12.6. The molecule has 0 bridgehead atoms. The Hall–Kier alpha value is -2.03. The highest BCUT2D eigenvalue weighted by atomic mass is 32.2. The van der Waals surface area contributed by atoms with Crippen LogP contribution >= 0.6 is 11.3 Å². The number of benzene rings is 1. The smallest absolute Gasteiger partial charge is 0.213 e. The number of thiophene rings is 1. The summed E-state index contributed by atoms with van der Waals surface area (Å²) in [6, 6.07) is 10.2. The molecule has 1 fully saturated rings. The average molecular weight is 389 g/mol. The van der Waals surface area contributed by atoms with E-state index in [2.05, 4.69) is 32.4 Å². The average Bonchev–Trinajstić information content (AvgIpc) is 3.13. The van der Waals surface area contributed by atoms with Crippen molar-refractivity contribution in [2.45, 2.75) is 6.92 Å². The Bertz CT molecular complexity index is 1010. The molecule has 1 aliphatic rings. The van der Waals surface area contributed by atoms with Gasteiger partial charge in [-0.15, -0.1) is 11.3 Å². The fourth-order valence-corrected chi connectivity index (χ4v) is 5.29. The third-order valence-corrected chi connectivity index (χ3v) is 7.50. The van der Waals surface area contributed by atoms with Crippen LogP contribution in [0.5, 0.6) is 0 Å². The lowest BCUT2D eigenvalue weighted by Crippen LogP contribution is -2.49. The minimum absolute atomic E-state index is 0.146. The fourth-order valence-electron chi connectivity index (χ4n) is 3.29. The van der Waals surface area contributed by atoms with Gasteiger partial charge in [0.1, 0.15) is 17.0 Å². The predicted molar refractivity (Wildman–Crippen MR) is 106 cm³/mol. The van der Waals surface area contributed by atoms with E-state index < -0.39 is 10.0 Å². The molecule has 8 heteroatoms. The summed E-state index contributed by atoms with van der Waals surface area (Å²) in [4.78, 5) is 12.1. The van der Waals surface area contributed by atoms with Crippen molar-refractivity contribution < 1.29 is 8.42 Å². The molecule has 0 spiro atoms. The summed E-state index contributed by atoms with van der Waals surface area (Å²) in [6.45, 7) is 3.94. The van der Waals surface area contributed by atoms with Crippen molar-refractivity contribution in [2.24, 2.45) is 0 Å². The third-order valence-electron chi connectivity index (χ3n) is 4.73. The number of anilines is 1. The highest BCUT2D eigenvalue weighted by Gasteiger charge is 2.27. The van der Waals surface area contributed by atoms with E-state index in [1.807, 2.05) is 18.2 Å². The lowest BCUT2D eigenvalue weighted by molar-refractivity contribution is 0.385. The summed E-state index contributed by atoms with van der Waals surface area (Å²) in [6.07, 6.45) is 1.60. The van der Waals surface area contributed by atoms with E-state index in [0.717, 1.165) is 27.2 Å². The van der Waals surface area contributed by atoms with E-state index in [9.17, 15) is 8.42 Å². The molecule has 1 saturated heterocycles. The van der Waals surface area contributed by atoms with Gasteiger partial charge in [0, 0.05) is 37.1 Å². The van der Waals surface area contributed by atoms with E-state index in [1.54, 1.807) is 28.9 Å². The summed E-state index contributed by atoms with van der Waals surface area (Å²) in [5.74, 6) is 1.04. The monoisotopic (exact) mass is 388 g/mol. The number of piperazine rings is 1. The molecule has 136 valence electrons. The second-order valence-corrected chi connectivity index (χ2v) is 9.30. The zero-order valence-electron chi connectivity index (χ0n) is 14.5. The van der Waals surface area contributed by atoms with Gasteiger partial charge < -0.3 is 4.90 Å². The van der Waals surface area contributed by atoms with Gasteiger partial charge in [-0.3, -0.25) is 0 Å². The standard InChI is InChI=1S/C18H20N4O2S2/c1-2-26(23,24)22-10-8-21(9-11-22)17-16-15(14-6-4-3-5-7-14)12-25-18(16)20-13-19-17/h3-7,12-13H,2,8-11H2,1H3. The summed E-state index contributed by atoms with van der Waals surface area (Å²) in [5.41, 5.74) is 2.27. The quantitative estimate of drug-likeness (QED) is 0.688. The molecule has 1 aromatic carbocycles. The van der Waals surface area contributed by atoms with Crippen LogP contribution in [0.1, 0.15) is 6.92 Å². The SMILES string of the molecule is CCS(=O)(=O)N1CCN(c2ncnc3scc(-c4ccccc4)c23)CC1. The summed E-state index contributed by atoms with van der Waals surface area (Å²) in [5, 5.41) is 3.17. The molecule has 0 atom stereocenters. The van der Waals surface area contributed by atoms with Gasteiger partial charge in [-0.05, 0) is 12.5 Å². The van der Waals surface area contributed by atoms with Crippen LogP contribution in [0.25, 0.3) is 21.3 Å². The van der Waals surface area contributed by atoms with Gasteiger partial charge >= 0.3 is 0 Å². The van der Waals surface area contributed by atoms with Crippen molar-refractivity contribution in [3.8, 4) is 11.1 Å². The highest BCUT2D eigenvalue weighted by molar-refractivity contribution is 7.89. The van der Waals surface area contributed by atoms with Gasteiger partial charge in [0.15, 0.2) is 0 Å². The van der Waals surface area contributed by atoms with Gasteiger partial charge in [-0.1, -0.05) is 30.3 Å². The maximum absolute atomic E-state index is 12.1. The number of hydrogen-bond acceptors (Lipinski definition) is 6. The number of nitrogens with zero attached hydrogens (tertiary/aromatic N) is 4. The van der Waals surface area contributed by atoms with Crippen LogP contribution in [0.2, 0.25) is 0 Å². The predicted octanol–water partition coefficient (Wildman–Crippen LogP) is 2.83. The first-order valence-corrected chi connectivity index (χ1v) is 11.1. The van der Waals surface area contributed by atoms with E-state index in [1.165, 1.54) is 0 Å². The summed E-state index contributed by atoms with van der Waals surface area (Å²) < 4.78 is 25.8. The normalized spacial score (nSPS) is 16.3. The van der Waals surface area contributed by atoms with Crippen molar-refractivity contribution >= 4 is 37.4 Å². The van der Waals surface area contributed by atoms with Crippen molar-refractivity contribution in [1.82, 2.24) is 14.3 Å². The minimum Gasteiger partial charge on any atom is -0.353 e.